The van der Waals surface area contributed by atoms with Crippen LogP contribution in [0, 0.1) is 20.8 Å². The van der Waals surface area contributed by atoms with Gasteiger partial charge in [0.1, 0.15) is 0 Å². The zero-order valence-corrected chi connectivity index (χ0v) is 32.2. The standard InChI is InChI=1S/C47H33BrN2S2/c1-28-4-10-31(11-5-28)44-36-20-21-37(49-36)45(32-12-6-29(2)7-13-32)42-26-27-43(52-42)47(34-16-18-35(48)19-17-34)39-23-22-38(50-39)46(41-25-24-40(44)51-41)33-14-8-30(3)9-15-33/h4-27H,1-3H3. The lowest BCUT2D eigenvalue weighted by Crippen LogP contribution is -1.87. The number of benzene rings is 4. The van der Waals surface area contributed by atoms with E-state index in [1.165, 1.54) is 30.8 Å². The summed E-state index contributed by atoms with van der Waals surface area (Å²) in [5, 5.41) is 0. The molecular formula is C47H33BrN2S2. The molecule has 8 bridgehead atoms. The number of nitrogens with zero attached hydrogens (tertiary/aromatic N) is 2. The van der Waals surface area contributed by atoms with Gasteiger partial charge in [-0.2, -0.15) is 0 Å². The van der Waals surface area contributed by atoms with Crippen molar-refractivity contribution in [1.29, 1.82) is 0 Å². The number of hydrogen-bond donors (Lipinski definition) is 0. The van der Waals surface area contributed by atoms with E-state index in [0.29, 0.717) is 0 Å². The summed E-state index contributed by atoms with van der Waals surface area (Å²) < 4.78 is 5.71. The molecule has 52 heavy (non-hydrogen) atoms. The zero-order chi connectivity index (χ0) is 35.3. The SMILES string of the molecule is Cc1ccc(-c2c3nc(c(-c4ccc(C)cc4)c4ccc(s4)c(-c4ccc(Br)cc4)c4nc(c(-c5ccc(C)cc5)c5ccc2s5)C=C4)C=C3)cc1. The van der Waals surface area contributed by atoms with Gasteiger partial charge in [0.15, 0.2) is 0 Å². The Kier molecular flexibility index (Phi) is 8.43. The van der Waals surface area contributed by atoms with E-state index < -0.39 is 0 Å². The van der Waals surface area contributed by atoms with Crippen LogP contribution in [0.15, 0.2) is 126 Å². The summed E-state index contributed by atoms with van der Waals surface area (Å²) in [6.07, 6.45) is 8.76. The van der Waals surface area contributed by atoms with Crippen molar-refractivity contribution in [3.8, 4) is 44.5 Å². The Balaban J connectivity index is 1.47. The Hall–Kier alpha value is -5.20. The van der Waals surface area contributed by atoms with Crippen molar-refractivity contribution < 1.29 is 0 Å². The molecule has 0 saturated heterocycles. The Morgan fingerprint density at radius 1 is 0.346 bits per heavy atom. The van der Waals surface area contributed by atoms with E-state index in [1.807, 2.05) is 0 Å². The monoisotopic (exact) mass is 768 g/mol. The molecule has 3 aromatic heterocycles. The van der Waals surface area contributed by atoms with Crippen LogP contribution in [0.4, 0.5) is 0 Å². The smallest absolute Gasteiger partial charge is 0.0730 e. The molecule has 0 saturated carbocycles. The molecule has 0 fully saturated rings. The zero-order valence-electron chi connectivity index (χ0n) is 28.9. The maximum absolute atomic E-state index is 5.46. The van der Waals surface area contributed by atoms with Crippen LogP contribution in [0.3, 0.4) is 0 Å². The average Bonchev–Trinajstić information content (AvgIpc) is 3.99. The van der Waals surface area contributed by atoms with Crippen molar-refractivity contribution in [2.45, 2.75) is 20.8 Å². The summed E-state index contributed by atoms with van der Waals surface area (Å²) in [7, 11) is 0. The van der Waals surface area contributed by atoms with Gasteiger partial charge in [-0.1, -0.05) is 118 Å². The van der Waals surface area contributed by atoms with E-state index >= 15 is 0 Å². The summed E-state index contributed by atoms with van der Waals surface area (Å²) in [5.41, 5.74) is 16.6. The molecule has 4 aromatic carbocycles. The van der Waals surface area contributed by atoms with Crippen LogP contribution in [-0.2, 0) is 0 Å². The molecule has 250 valence electrons. The van der Waals surface area contributed by atoms with Crippen LogP contribution < -0.4 is 0 Å². The Labute approximate surface area is 320 Å². The fourth-order valence-corrected chi connectivity index (χ4v) is 9.52. The number of thiophene rings is 2. The molecule has 0 radical (unpaired) electrons. The first-order valence-corrected chi connectivity index (χ1v) is 19.8. The van der Waals surface area contributed by atoms with Crippen molar-refractivity contribution in [1.82, 2.24) is 9.97 Å². The first-order valence-electron chi connectivity index (χ1n) is 17.3. The normalized spacial score (nSPS) is 12.1. The number of hydrogen-bond acceptors (Lipinski definition) is 4. The second-order valence-corrected chi connectivity index (χ2v) is 16.4. The lowest BCUT2D eigenvalue weighted by atomic mass is 10.0. The molecule has 0 amide bonds. The van der Waals surface area contributed by atoms with E-state index in [1.54, 1.807) is 22.7 Å². The topological polar surface area (TPSA) is 25.8 Å². The predicted molar refractivity (Wildman–Crippen MR) is 230 cm³/mol. The fraction of sp³-hybridized carbons (Fsp3) is 0.0638. The highest BCUT2D eigenvalue weighted by Crippen LogP contribution is 2.43. The lowest BCUT2D eigenvalue weighted by Gasteiger charge is -2.07. The Morgan fingerprint density at radius 2 is 0.596 bits per heavy atom. The van der Waals surface area contributed by atoms with Gasteiger partial charge in [0.2, 0.25) is 0 Å². The van der Waals surface area contributed by atoms with Gasteiger partial charge in [-0.15, -0.1) is 22.7 Å². The maximum atomic E-state index is 5.46. The van der Waals surface area contributed by atoms with Crippen molar-refractivity contribution in [3.05, 3.63) is 165 Å². The molecule has 2 aliphatic heterocycles. The molecule has 2 nitrogen and oxygen atoms in total. The highest BCUT2D eigenvalue weighted by atomic mass is 79.9. The van der Waals surface area contributed by atoms with E-state index in [-0.39, 0.29) is 0 Å². The summed E-state index contributed by atoms with van der Waals surface area (Å²) in [5.74, 6) is 0. The van der Waals surface area contributed by atoms with Gasteiger partial charge in [-0.05, 0) is 104 Å². The largest absolute Gasteiger partial charge is 0.248 e. The van der Waals surface area contributed by atoms with Gasteiger partial charge in [0.05, 0.1) is 22.8 Å². The van der Waals surface area contributed by atoms with Crippen LogP contribution >= 0.6 is 38.6 Å². The molecule has 0 unspecified atom stereocenters. The summed E-state index contributed by atoms with van der Waals surface area (Å²) in [4.78, 5) is 10.9. The Bertz CT molecular complexity index is 2360. The van der Waals surface area contributed by atoms with Gasteiger partial charge in [-0.25, -0.2) is 9.97 Å². The summed E-state index contributed by atoms with van der Waals surface area (Å²) >= 11 is 7.25. The quantitative estimate of drug-likeness (QED) is 0.178. The van der Waals surface area contributed by atoms with Crippen LogP contribution in [0.1, 0.15) is 39.5 Å². The molecule has 0 spiro atoms. The minimum absolute atomic E-state index is 0.955. The summed E-state index contributed by atoms with van der Waals surface area (Å²) in [6, 6.07) is 44.1. The van der Waals surface area contributed by atoms with E-state index in [0.717, 1.165) is 76.5 Å². The van der Waals surface area contributed by atoms with E-state index in [2.05, 4.69) is 182 Å². The van der Waals surface area contributed by atoms with Crippen LogP contribution in [0.2, 0.25) is 0 Å². The van der Waals surface area contributed by atoms with Crippen molar-refractivity contribution in [2.24, 2.45) is 0 Å². The predicted octanol–water partition coefficient (Wildman–Crippen LogP) is 14.5. The molecule has 0 aliphatic carbocycles. The summed E-state index contributed by atoms with van der Waals surface area (Å²) in [6.45, 7) is 6.41. The molecular weight excluding hydrogens is 737 g/mol. The number of halogens is 1. The van der Waals surface area contributed by atoms with Crippen LogP contribution in [0.25, 0.3) is 87.6 Å². The third-order valence-corrected chi connectivity index (χ3v) is 12.4. The minimum Gasteiger partial charge on any atom is -0.248 e. The number of rotatable bonds is 4. The highest BCUT2D eigenvalue weighted by molar-refractivity contribution is 9.10. The van der Waals surface area contributed by atoms with E-state index in [9.17, 15) is 0 Å². The lowest BCUT2D eigenvalue weighted by molar-refractivity contribution is 1.33. The first kappa shape index (κ1) is 32.7. The molecule has 7 aromatic rings. The molecule has 2 aliphatic rings. The van der Waals surface area contributed by atoms with Crippen LogP contribution in [-0.4, -0.2) is 9.97 Å². The molecule has 0 N–H and O–H groups in total. The number of aryl methyl sites for hydroxylation is 3. The molecule has 9 rings (SSSR count). The number of aromatic nitrogens is 2. The van der Waals surface area contributed by atoms with E-state index in [4.69, 9.17) is 9.97 Å². The van der Waals surface area contributed by atoms with Crippen molar-refractivity contribution in [3.63, 3.8) is 0 Å². The van der Waals surface area contributed by atoms with Gasteiger partial charge in [0, 0.05) is 45.5 Å². The fourth-order valence-electron chi connectivity index (χ4n) is 6.94. The maximum Gasteiger partial charge on any atom is 0.0730 e. The third kappa shape index (κ3) is 6.09. The second-order valence-electron chi connectivity index (χ2n) is 13.4. The molecule has 5 heterocycles. The minimum atomic E-state index is 0.955. The van der Waals surface area contributed by atoms with Crippen LogP contribution in [0.5, 0.6) is 0 Å². The Morgan fingerprint density at radius 3 is 0.865 bits per heavy atom. The third-order valence-electron chi connectivity index (χ3n) is 9.66. The second kappa shape index (κ2) is 13.4. The highest BCUT2D eigenvalue weighted by Gasteiger charge is 2.19. The van der Waals surface area contributed by atoms with Gasteiger partial charge < -0.3 is 0 Å². The van der Waals surface area contributed by atoms with Crippen molar-refractivity contribution in [2.75, 3.05) is 0 Å². The van der Waals surface area contributed by atoms with Gasteiger partial charge in [0.25, 0.3) is 0 Å². The van der Waals surface area contributed by atoms with Crippen molar-refractivity contribution >= 4 is 81.7 Å². The van der Waals surface area contributed by atoms with Gasteiger partial charge >= 0.3 is 0 Å². The molecule has 0 atom stereocenters. The first-order chi connectivity index (χ1) is 25.4. The van der Waals surface area contributed by atoms with Gasteiger partial charge in [-0.3, -0.25) is 0 Å². The molecule has 5 heteroatoms. The average molecular weight is 770 g/mol. The number of fused-ring (bicyclic) bond motifs is 8.